The zero-order chi connectivity index (χ0) is 12.2. The van der Waals surface area contributed by atoms with Crippen molar-refractivity contribution in [2.45, 2.75) is 45.1 Å². The van der Waals surface area contributed by atoms with E-state index in [0.29, 0.717) is 17.6 Å². The molecular weight excluding hydrogens is 246 g/mol. The molecular formula is C11H22ClNO2S. The summed E-state index contributed by atoms with van der Waals surface area (Å²) in [6, 6.07) is -0.116. The second-order valence-electron chi connectivity index (χ2n) is 4.80. The van der Waals surface area contributed by atoms with E-state index >= 15 is 0 Å². The summed E-state index contributed by atoms with van der Waals surface area (Å²) < 4.78 is 25.6. The van der Waals surface area contributed by atoms with Crippen LogP contribution in [0.3, 0.4) is 0 Å². The van der Waals surface area contributed by atoms with Gasteiger partial charge in [-0.05, 0) is 25.7 Å². The summed E-state index contributed by atoms with van der Waals surface area (Å²) in [5, 5.41) is 0. The fourth-order valence-corrected chi connectivity index (χ4v) is 4.22. The molecule has 0 aromatic rings. The van der Waals surface area contributed by atoms with Gasteiger partial charge < -0.3 is 0 Å². The van der Waals surface area contributed by atoms with Crippen LogP contribution in [0.5, 0.6) is 0 Å². The lowest BCUT2D eigenvalue weighted by molar-refractivity contribution is 0.365. The maximum absolute atomic E-state index is 12.1. The summed E-state index contributed by atoms with van der Waals surface area (Å²) >= 11 is 5.69. The maximum atomic E-state index is 12.1. The Bertz CT molecular complexity index is 299. The van der Waals surface area contributed by atoms with E-state index in [1.54, 1.807) is 7.05 Å². The van der Waals surface area contributed by atoms with Crippen molar-refractivity contribution in [1.29, 1.82) is 0 Å². The number of nitrogens with zero attached hydrogens (tertiary/aromatic N) is 1. The highest BCUT2D eigenvalue weighted by Crippen LogP contribution is 2.25. The average Bonchev–Trinajstić information content (AvgIpc) is 2.27. The van der Waals surface area contributed by atoms with E-state index in [-0.39, 0.29) is 6.04 Å². The molecule has 5 heteroatoms. The van der Waals surface area contributed by atoms with Gasteiger partial charge in [0, 0.05) is 19.0 Å². The summed E-state index contributed by atoms with van der Waals surface area (Å²) in [6.45, 7) is 1.84. The molecule has 0 spiro atoms. The largest absolute Gasteiger partial charge is 0.214 e. The van der Waals surface area contributed by atoms with Gasteiger partial charge in [-0.1, -0.05) is 19.3 Å². The zero-order valence-electron chi connectivity index (χ0n) is 10.2. The molecule has 1 atom stereocenters. The molecule has 1 rings (SSSR count). The molecule has 0 saturated heterocycles. The molecule has 0 heterocycles. The zero-order valence-corrected chi connectivity index (χ0v) is 11.7. The second-order valence-corrected chi connectivity index (χ2v) is 7.18. The molecule has 0 aliphatic heterocycles. The van der Waals surface area contributed by atoms with Gasteiger partial charge in [0.15, 0.2) is 0 Å². The van der Waals surface area contributed by atoms with Crippen molar-refractivity contribution in [2.75, 3.05) is 18.7 Å². The Morgan fingerprint density at radius 1 is 1.31 bits per heavy atom. The Morgan fingerprint density at radius 3 is 2.38 bits per heavy atom. The summed E-state index contributed by atoms with van der Waals surface area (Å²) in [6.07, 6.45) is 5.72. The van der Waals surface area contributed by atoms with Crippen molar-refractivity contribution in [1.82, 2.24) is 4.31 Å². The number of alkyl halides is 1. The van der Waals surface area contributed by atoms with E-state index in [2.05, 4.69) is 0 Å². The lowest BCUT2D eigenvalue weighted by Gasteiger charge is -2.27. The molecule has 0 aromatic carbocycles. The SMILES string of the molecule is CC(CCl)N(C)S(=O)(=O)CC1CCCCC1. The molecule has 16 heavy (non-hydrogen) atoms. The topological polar surface area (TPSA) is 37.4 Å². The molecule has 96 valence electrons. The van der Waals surface area contributed by atoms with Gasteiger partial charge in [-0.15, -0.1) is 11.6 Å². The lowest BCUT2D eigenvalue weighted by Crippen LogP contribution is -2.39. The molecule has 3 nitrogen and oxygen atoms in total. The number of halogens is 1. The van der Waals surface area contributed by atoms with Crippen LogP contribution >= 0.6 is 11.6 Å². The van der Waals surface area contributed by atoms with Crippen molar-refractivity contribution >= 4 is 21.6 Å². The molecule has 1 fully saturated rings. The fraction of sp³-hybridized carbons (Fsp3) is 1.00. The number of rotatable bonds is 5. The van der Waals surface area contributed by atoms with Crippen LogP contribution < -0.4 is 0 Å². The standard InChI is InChI=1S/C11H22ClNO2S/c1-10(8-12)13(2)16(14,15)9-11-6-4-3-5-7-11/h10-11H,3-9H2,1-2H3. The van der Waals surface area contributed by atoms with Crippen LogP contribution in [-0.2, 0) is 10.0 Å². The first-order valence-electron chi connectivity index (χ1n) is 5.99. The minimum atomic E-state index is -3.12. The van der Waals surface area contributed by atoms with Crippen molar-refractivity contribution < 1.29 is 8.42 Å². The molecule has 0 aromatic heterocycles. The van der Waals surface area contributed by atoms with E-state index in [9.17, 15) is 8.42 Å². The van der Waals surface area contributed by atoms with E-state index < -0.39 is 10.0 Å². The maximum Gasteiger partial charge on any atom is 0.214 e. The number of hydrogen-bond donors (Lipinski definition) is 0. The van der Waals surface area contributed by atoms with Crippen LogP contribution in [0.1, 0.15) is 39.0 Å². The molecule has 0 N–H and O–H groups in total. The predicted molar refractivity (Wildman–Crippen MR) is 68.3 cm³/mol. The van der Waals surface area contributed by atoms with Crippen LogP contribution in [0.25, 0.3) is 0 Å². The third-order valence-corrected chi connectivity index (χ3v) is 6.03. The Hall–Kier alpha value is 0.200. The van der Waals surface area contributed by atoms with E-state index in [1.807, 2.05) is 6.92 Å². The Morgan fingerprint density at radius 2 is 1.88 bits per heavy atom. The van der Waals surface area contributed by atoms with E-state index in [1.165, 1.54) is 23.6 Å². The van der Waals surface area contributed by atoms with E-state index in [4.69, 9.17) is 11.6 Å². The van der Waals surface area contributed by atoms with Gasteiger partial charge >= 0.3 is 0 Å². The molecule has 0 amide bonds. The normalized spacial score (nSPS) is 21.2. The Labute approximate surface area is 104 Å². The number of hydrogen-bond acceptors (Lipinski definition) is 2. The van der Waals surface area contributed by atoms with Crippen LogP contribution in [0, 0.1) is 5.92 Å². The summed E-state index contributed by atoms with van der Waals surface area (Å²) in [4.78, 5) is 0. The minimum Gasteiger partial charge on any atom is -0.212 e. The first kappa shape index (κ1) is 14.3. The predicted octanol–water partition coefficient (Wildman–Crippen LogP) is 2.46. The molecule has 1 saturated carbocycles. The first-order valence-corrected chi connectivity index (χ1v) is 8.13. The average molecular weight is 268 g/mol. The fourth-order valence-electron chi connectivity index (χ4n) is 2.14. The quantitative estimate of drug-likeness (QED) is 0.718. The van der Waals surface area contributed by atoms with Crippen molar-refractivity contribution in [3.8, 4) is 0 Å². The van der Waals surface area contributed by atoms with Gasteiger partial charge in [0.25, 0.3) is 0 Å². The minimum absolute atomic E-state index is 0.116. The molecule has 0 radical (unpaired) electrons. The summed E-state index contributed by atoms with van der Waals surface area (Å²) in [5.74, 6) is 0.995. The van der Waals surface area contributed by atoms with Gasteiger partial charge in [-0.2, -0.15) is 0 Å². The van der Waals surface area contributed by atoms with Crippen LogP contribution in [0.2, 0.25) is 0 Å². The molecule has 0 bridgehead atoms. The molecule has 1 aliphatic carbocycles. The lowest BCUT2D eigenvalue weighted by atomic mass is 9.91. The highest BCUT2D eigenvalue weighted by molar-refractivity contribution is 7.89. The van der Waals surface area contributed by atoms with Crippen LogP contribution in [0.4, 0.5) is 0 Å². The molecule has 1 unspecified atom stereocenters. The van der Waals surface area contributed by atoms with Crippen LogP contribution in [0.15, 0.2) is 0 Å². The van der Waals surface area contributed by atoms with Crippen molar-refractivity contribution in [2.24, 2.45) is 5.92 Å². The Kier molecular flexibility index (Phi) is 5.54. The van der Waals surface area contributed by atoms with Crippen LogP contribution in [-0.4, -0.2) is 37.4 Å². The highest BCUT2D eigenvalue weighted by Gasteiger charge is 2.27. The monoisotopic (exact) mass is 267 g/mol. The Balaban J connectivity index is 2.56. The smallest absolute Gasteiger partial charge is 0.212 e. The van der Waals surface area contributed by atoms with Gasteiger partial charge in [0.2, 0.25) is 10.0 Å². The first-order chi connectivity index (χ1) is 7.47. The van der Waals surface area contributed by atoms with Gasteiger partial charge in [-0.3, -0.25) is 0 Å². The third kappa shape index (κ3) is 3.90. The van der Waals surface area contributed by atoms with Gasteiger partial charge in [0.05, 0.1) is 5.75 Å². The summed E-state index contributed by atoms with van der Waals surface area (Å²) in [5.41, 5.74) is 0. The molecule has 1 aliphatic rings. The van der Waals surface area contributed by atoms with Gasteiger partial charge in [-0.25, -0.2) is 12.7 Å². The van der Waals surface area contributed by atoms with E-state index in [0.717, 1.165) is 12.8 Å². The summed E-state index contributed by atoms with van der Waals surface area (Å²) in [7, 11) is -1.49. The van der Waals surface area contributed by atoms with Crippen molar-refractivity contribution in [3.63, 3.8) is 0 Å². The van der Waals surface area contributed by atoms with Crippen molar-refractivity contribution in [3.05, 3.63) is 0 Å². The number of sulfonamides is 1. The third-order valence-electron chi connectivity index (χ3n) is 3.45. The second kappa shape index (κ2) is 6.22. The van der Waals surface area contributed by atoms with Gasteiger partial charge in [0.1, 0.15) is 0 Å². The highest BCUT2D eigenvalue weighted by atomic mass is 35.5.